The second kappa shape index (κ2) is 5.00. The molecular formula is C9H8ClNOS. The maximum Gasteiger partial charge on any atom is 0.229 e. The summed E-state index contributed by atoms with van der Waals surface area (Å²) >= 11 is 9.72. The molecule has 0 saturated heterocycles. The van der Waals surface area contributed by atoms with Crippen LogP contribution in [0.4, 0.5) is 0 Å². The summed E-state index contributed by atoms with van der Waals surface area (Å²) < 4.78 is 5.00. The first-order valence-electron chi connectivity index (χ1n) is 3.57. The van der Waals surface area contributed by atoms with Crippen molar-refractivity contribution in [2.24, 2.45) is 0 Å². The molecule has 0 N–H and O–H groups in total. The molecule has 4 heteroatoms. The molecule has 2 nitrogen and oxygen atoms in total. The molecule has 0 fully saturated rings. The first-order valence-corrected chi connectivity index (χ1v) is 4.58. The van der Waals surface area contributed by atoms with Crippen LogP contribution in [-0.4, -0.2) is 17.8 Å². The van der Waals surface area contributed by atoms with Crippen molar-refractivity contribution in [3.05, 3.63) is 22.8 Å². The first kappa shape index (κ1) is 10.2. The molecule has 0 aliphatic rings. The Bertz CT molecular complexity index is 356. The van der Waals surface area contributed by atoms with E-state index >= 15 is 0 Å². The van der Waals surface area contributed by atoms with Crippen molar-refractivity contribution in [2.45, 2.75) is 0 Å². The lowest BCUT2D eigenvalue weighted by Gasteiger charge is -2.00. The second-order valence-corrected chi connectivity index (χ2v) is 2.92. The zero-order chi connectivity index (χ0) is 9.68. The molecule has 0 atom stereocenters. The van der Waals surface area contributed by atoms with Gasteiger partial charge in [-0.15, -0.1) is 0 Å². The number of hydrogen-bond acceptors (Lipinski definition) is 3. The highest BCUT2D eigenvalue weighted by Crippen LogP contribution is 2.17. The normalized spacial score (nSPS) is 8.85. The minimum Gasteiger partial charge on any atom is -0.480 e. The van der Waals surface area contributed by atoms with Gasteiger partial charge in [-0.25, -0.2) is 4.98 Å². The van der Waals surface area contributed by atoms with E-state index < -0.39 is 0 Å². The maximum atomic E-state index is 5.75. The summed E-state index contributed by atoms with van der Waals surface area (Å²) in [6.07, 6.45) is 1.52. The summed E-state index contributed by atoms with van der Waals surface area (Å²) in [6, 6.07) is 1.71. The van der Waals surface area contributed by atoms with Crippen molar-refractivity contribution in [1.29, 1.82) is 0 Å². The Morgan fingerprint density at radius 2 is 2.46 bits per heavy atom. The number of rotatable bonds is 1. The van der Waals surface area contributed by atoms with Crippen LogP contribution in [-0.2, 0) is 0 Å². The Morgan fingerprint density at radius 3 is 3.08 bits per heavy atom. The Kier molecular flexibility index (Phi) is 3.94. The van der Waals surface area contributed by atoms with Gasteiger partial charge < -0.3 is 4.74 Å². The van der Waals surface area contributed by atoms with Gasteiger partial charge in [0.25, 0.3) is 0 Å². The number of thiol groups is 1. The number of ether oxygens (including phenoxy) is 1. The summed E-state index contributed by atoms with van der Waals surface area (Å²) in [4.78, 5) is 3.97. The van der Waals surface area contributed by atoms with Crippen LogP contribution in [0, 0.1) is 11.8 Å². The smallest absolute Gasteiger partial charge is 0.229 e. The third-order valence-electron chi connectivity index (χ3n) is 1.31. The Balaban J connectivity index is 3.08. The van der Waals surface area contributed by atoms with Gasteiger partial charge in [0.1, 0.15) is 0 Å². The van der Waals surface area contributed by atoms with E-state index in [1.165, 1.54) is 6.20 Å². The molecule has 68 valence electrons. The minimum atomic E-state index is 0.485. The minimum absolute atomic E-state index is 0.485. The van der Waals surface area contributed by atoms with Crippen LogP contribution in [0.15, 0.2) is 12.3 Å². The maximum absolute atomic E-state index is 5.75. The van der Waals surface area contributed by atoms with Crippen LogP contribution < -0.4 is 4.74 Å². The van der Waals surface area contributed by atoms with Gasteiger partial charge in [0.05, 0.1) is 23.4 Å². The zero-order valence-electron chi connectivity index (χ0n) is 7.04. The van der Waals surface area contributed by atoms with Crippen molar-refractivity contribution < 1.29 is 4.74 Å². The lowest BCUT2D eigenvalue weighted by atomic mass is 10.3. The number of pyridine rings is 1. The lowest BCUT2D eigenvalue weighted by Crippen LogP contribution is -1.91. The molecule has 0 aromatic carbocycles. The molecule has 0 aliphatic heterocycles. The van der Waals surface area contributed by atoms with Crippen LogP contribution in [0.1, 0.15) is 5.56 Å². The summed E-state index contributed by atoms with van der Waals surface area (Å²) in [5.74, 6) is 6.64. The van der Waals surface area contributed by atoms with Gasteiger partial charge >= 0.3 is 0 Å². The van der Waals surface area contributed by atoms with Crippen LogP contribution in [0.25, 0.3) is 0 Å². The van der Waals surface area contributed by atoms with Crippen molar-refractivity contribution in [3.63, 3.8) is 0 Å². The Labute approximate surface area is 87.7 Å². The summed E-state index contributed by atoms with van der Waals surface area (Å²) in [5, 5.41) is 0.546. The van der Waals surface area contributed by atoms with Gasteiger partial charge in [-0.1, -0.05) is 23.4 Å². The number of aromatic nitrogens is 1. The average Bonchev–Trinajstić information content (AvgIpc) is 2.15. The van der Waals surface area contributed by atoms with Crippen LogP contribution >= 0.6 is 24.2 Å². The van der Waals surface area contributed by atoms with Crippen molar-refractivity contribution in [2.75, 3.05) is 12.9 Å². The highest BCUT2D eigenvalue weighted by molar-refractivity contribution is 7.80. The van der Waals surface area contributed by atoms with E-state index in [9.17, 15) is 0 Å². The lowest BCUT2D eigenvalue weighted by molar-refractivity contribution is 0.396. The topological polar surface area (TPSA) is 22.1 Å². The number of methoxy groups -OCH3 is 1. The SMILES string of the molecule is COc1ncc(Cl)cc1C#CCS. The largest absolute Gasteiger partial charge is 0.480 e. The molecule has 0 spiro atoms. The fourth-order valence-corrected chi connectivity index (χ4v) is 1.05. The summed E-state index contributed by atoms with van der Waals surface area (Å²) in [6.45, 7) is 0. The Morgan fingerprint density at radius 1 is 1.69 bits per heavy atom. The monoisotopic (exact) mass is 213 g/mol. The fourth-order valence-electron chi connectivity index (χ4n) is 0.814. The fraction of sp³-hybridized carbons (Fsp3) is 0.222. The van der Waals surface area contributed by atoms with Gasteiger partial charge in [-0.2, -0.15) is 12.6 Å². The van der Waals surface area contributed by atoms with Gasteiger partial charge in [0, 0.05) is 6.20 Å². The molecule has 1 aromatic heterocycles. The van der Waals surface area contributed by atoms with Gasteiger partial charge in [0.15, 0.2) is 0 Å². The molecule has 1 heterocycles. The number of hydrogen-bond donors (Lipinski definition) is 1. The number of halogens is 1. The van der Waals surface area contributed by atoms with E-state index in [1.807, 2.05) is 0 Å². The number of nitrogens with zero attached hydrogens (tertiary/aromatic N) is 1. The standard InChI is InChI=1S/C9H8ClNOS/c1-12-9-7(3-2-4-13)5-8(10)6-11-9/h5-6,13H,4H2,1H3. The average molecular weight is 214 g/mol. The summed E-state index contributed by atoms with van der Waals surface area (Å²) in [7, 11) is 1.54. The molecule has 1 rings (SSSR count). The molecule has 0 radical (unpaired) electrons. The zero-order valence-corrected chi connectivity index (χ0v) is 8.69. The third kappa shape index (κ3) is 2.83. The van der Waals surface area contributed by atoms with E-state index in [0.717, 1.165) is 0 Å². The summed E-state index contributed by atoms with van der Waals surface area (Å²) in [5.41, 5.74) is 0.684. The Hall–Kier alpha value is -0.850. The van der Waals surface area contributed by atoms with Crippen LogP contribution in [0.2, 0.25) is 5.02 Å². The van der Waals surface area contributed by atoms with E-state index in [0.29, 0.717) is 22.2 Å². The molecule has 0 aliphatic carbocycles. The predicted octanol–water partition coefficient (Wildman–Crippen LogP) is 2.02. The molecule has 0 bridgehead atoms. The van der Waals surface area contributed by atoms with E-state index in [-0.39, 0.29) is 0 Å². The van der Waals surface area contributed by atoms with Gasteiger partial charge in [-0.05, 0) is 6.07 Å². The van der Waals surface area contributed by atoms with Gasteiger partial charge in [-0.3, -0.25) is 0 Å². The molecule has 1 aromatic rings. The van der Waals surface area contributed by atoms with Crippen molar-refractivity contribution >= 4 is 24.2 Å². The van der Waals surface area contributed by atoms with E-state index in [4.69, 9.17) is 16.3 Å². The molecule has 13 heavy (non-hydrogen) atoms. The second-order valence-electron chi connectivity index (χ2n) is 2.17. The third-order valence-corrected chi connectivity index (χ3v) is 1.68. The van der Waals surface area contributed by atoms with Gasteiger partial charge in [0.2, 0.25) is 5.88 Å². The van der Waals surface area contributed by atoms with E-state index in [2.05, 4.69) is 29.5 Å². The highest BCUT2D eigenvalue weighted by atomic mass is 35.5. The highest BCUT2D eigenvalue weighted by Gasteiger charge is 2.01. The predicted molar refractivity (Wildman–Crippen MR) is 56.5 cm³/mol. The first-order chi connectivity index (χ1) is 6.27. The molecule has 0 unspecified atom stereocenters. The molecule has 0 amide bonds. The van der Waals surface area contributed by atoms with E-state index in [1.54, 1.807) is 13.2 Å². The molecule has 0 saturated carbocycles. The van der Waals surface area contributed by atoms with Crippen molar-refractivity contribution in [3.8, 4) is 17.7 Å². The van der Waals surface area contributed by atoms with Crippen molar-refractivity contribution in [1.82, 2.24) is 4.98 Å². The van der Waals surface area contributed by atoms with Crippen LogP contribution in [0.5, 0.6) is 5.88 Å². The van der Waals surface area contributed by atoms with Crippen LogP contribution in [0.3, 0.4) is 0 Å². The quantitative estimate of drug-likeness (QED) is 0.570. The molecular weight excluding hydrogens is 206 g/mol.